The van der Waals surface area contributed by atoms with Crippen molar-refractivity contribution in [2.24, 2.45) is 0 Å². The lowest BCUT2D eigenvalue weighted by Crippen LogP contribution is -2.32. The van der Waals surface area contributed by atoms with Crippen molar-refractivity contribution in [2.45, 2.75) is 93.0 Å². The molecule has 0 radical (unpaired) electrons. The van der Waals surface area contributed by atoms with Crippen LogP contribution in [0.25, 0.3) is 0 Å². The van der Waals surface area contributed by atoms with Gasteiger partial charge in [0.05, 0.1) is 6.26 Å². The van der Waals surface area contributed by atoms with Gasteiger partial charge < -0.3 is 59.1 Å². The van der Waals surface area contributed by atoms with Crippen LogP contribution in [0.3, 0.4) is 0 Å². The topological polar surface area (TPSA) is 294 Å². The summed E-state index contributed by atoms with van der Waals surface area (Å²) in [6.07, 6.45) is 0.952. The molecule has 18 heteroatoms. The molecule has 0 bridgehead atoms. The summed E-state index contributed by atoms with van der Waals surface area (Å²) >= 11 is 0. The minimum absolute atomic E-state index is 0.00231. The van der Waals surface area contributed by atoms with Crippen LogP contribution in [0.5, 0.6) is 5.75 Å². The van der Waals surface area contributed by atoms with Crippen LogP contribution in [-0.2, 0) is 42.9 Å². The van der Waals surface area contributed by atoms with Gasteiger partial charge in [-0.05, 0) is 66.9 Å². The minimum atomic E-state index is -1.20. The molecule has 5 aliphatic rings. The highest BCUT2D eigenvalue weighted by atomic mass is 16.5. The van der Waals surface area contributed by atoms with E-state index in [0.717, 1.165) is 12.0 Å². The van der Waals surface area contributed by atoms with E-state index in [-0.39, 0.29) is 76.7 Å². The molecule has 4 aliphatic heterocycles. The number of ether oxygens (including phenoxy) is 4. The van der Waals surface area contributed by atoms with Crippen molar-refractivity contribution in [1.29, 1.82) is 0 Å². The highest BCUT2D eigenvalue weighted by Gasteiger charge is 2.31. The van der Waals surface area contributed by atoms with Crippen LogP contribution in [-0.4, -0.2) is 96.2 Å². The molecule has 6 rings (SSSR count). The van der Waals surface area contributed by atoms with Gasteiger partial charge in [-0.1, -0.05) is 6.92 Å². The van der Waals surface area contributed by atoms with Gasteiger partial charge in [-0.25, -0.2) is 0 Å². The number of aliphatic hydroxyl groups is 6. The van der Waals surface area contributed by atoms with E-state index >= 15 is 0 Å². The second kappa shape index (κ2) is 20.9. The first-order valence-electron chi connectivity index (χ1n) is 16.3. The predicted molar refractivity (Wildman–Crippen MR) is 186 cm³/mol. The van der Waals surface area contributed by atoms with Crippen molar-refractivity contribution >= 4 is 28.9 Å². The summed E-state index contributed by atoms with van der Waals surface area (Å²) in [6, 6.07) is 1.17. The molecule has 0 saturated heterocycles. The van der Waals surface area contributed by atoms with Crippen LogP contribution < -0.4 is 5.43 Å². The molecular formula is C36H46O18. The summed E-state index contributed by atoms with van der Waals surface area (Å²) in [5.74, 6) is -1.76. The maximum absolute atomic E-state index is 10.9. The number of aryl methyl sites for hydroxylation is 1. The number of rotatable bonds is 1. The lowest BCUT2D eigenvalue weighted by molar-refractivity contribution is -0.131. The van der Waals surface area contributed by atoms with E-state index in [2.05, 4.69) is 9.15 Å². The quantitative estimate of drug-likeness (QED) is 0.213. The molecule has 0 saturated carbocycles. The number of carbonyl (C=O) groups is 5. The Hall–Kier alpha value is -6.04. The van der Waals surface area contributed by atoms with Crippen molar-refractivity contribution in [3.05, 3.63) is 85.7 Å². The average Bonchev–Trinajstić information content (AvgIpc) is 3.78. The molecule has 3 atom stereocenters. The number of carbonyl (C=O) groups excluding carboxylic acids is 5. The van der Waals surface area contributed by atoms with Crippen molar-refractivity contribution in [2.75, 3.05) is 13.2 Å². The Bertz CT molecular complexity index is 1780. The molecule has 0 aromatic carbocycles. The maximum Gasteiger partial charge on any atom is 0.240 e. The fraction of sp³-hybridized carbons (Fsp3) is 0.444. The zero-order valence-corrected chi connectivity index (χ0v) is 31.0. The van der Waals surface area contributed by atoms with E-state index in [1.807, 2.05) is 6.92 Å². The zero-order chi connectivity index (χ0) is 41.6. The number of allylic oxidation sites excluding steroid dienone is 6. The first-order valence-corrected chi connectivity index (χ1v) is 16.3. The normalized spacial score (nSPS) is 21.6. The van der Waals surface area contributed by atoms with Gasteiger partial charge in [-0.2, -0.15) is 0 Å². The fourth-order valence-electron chi connectivity index (χ4n) is 4.13. The highest BCUT2D eigenvalue weighted by Crippen LogP contribution is 2.21. The number of Topliss-reactive ketones (excluding diaryl/α,β-unsaturated/α-hetero) is 5. The minimum Gasteiger partial charge on any atom is -0.504 e. The molecule has 0 spiro atoms. The Kier molecular flexibility index (Phi) is 17.8. The smallest absolute Gasteiger partial charge is 0.240 e. The molecule has 0 amide bonds. The molecule has 18 nitrogen and oxygen atoms in total. The Morgan fingerprint density at radius 2 is 1.19 bits per heavy atom. The highest BCUT2D eigenvalue weighted by molar-refractivity contribution is 5.99. The van der Waals surface area contributed by atoms with Crippen LogP contribution in [0.2, 0.25) is 0 Å². The summed E-state index contributed by atoms with van der Waals surface area (Å²) in [6.45, 7) is 12.9. The molecule has 54 heavy (non-hydrogen) atoms. The van der Waals surface area contributed by atoms with Crippen molar-refractivity contribution in [3.8, 4) is 5.75 Å². The van der Waals surface area contributed by atoms with Crippen molar-refractivity contribution < 1.29 is 83.1 Å². The molecule has 298 valence electrons. The SMILES string of the molecule is CC1=C(O)C(=O)C(C)O1.CC1=C(O)C(=O)C(O)CO1.CC1=C(O)C(=O)CC1.CC1=C(O)C(=O)CO1.CCC1OC(C)=C(O)C1=O.Cc1occc(=O)c1O. The molecule has 7 N–H and O–H groups in total. The first kappa shape index (κ1) is 46.0. The Labute approximate surface area is 309 Å². The zero-order valence-electron chi connectivity index (χ0n) is 31.0. The van der Waals surface area contributed by atoms with Crippen LogP contribution in [0.15, 0.2) is 78.9 Å². The monoisotopic (exact) mass is 766 g/mol. The standard InChI is InChI=1S/C7H10O3.C6H8O4.C6H6O3.C6H8O3.C6H8O2.C5H6O3/c1-3-5-7(9)6(8)4(2)10-5;1-3-5(8)6(9)4(7)2-10-3;1-4-6(8)5(7)2-3-9-4;1-3-5(7)6(8)4(2)9-3;1-4-2-3-5(7)6(4)8;1-3-5(7)4(6)2-8-3/h5,8H,3H2,1-2H3;4,7-8H,2H2,1H3;2-3,8H,1H3;3,8H,1-2H3;8H,2-3H2,1H3;7H,2H2,1H3. The van der Waals surface area contributed by atoms with Crippen LogP contribution >= 0.6 is 0 Å². The second-order valence-electron chi connectivity index (χ2n) is 11.8. The number of ketones is 5. The third-order valence-electron chi connectivity index (χ3n) is 7.61. The van der Waals surface area contributed by atoms with E-state index in [0.29, 0.717) is 30.1 Å². The Balaban J connectivity index is 0.000000325. The van der Waals surface area contributed by atoms with Gasteiger partial charge in [0, 0.05) is 12.5 Å². The van der Waals surface area contributed by atoms with Crippen LogP contribution in [0.4, 0.5) is 0 Å². The van der Waals surface area contributed by atoms with Gasteiger partial charge in [0.15, 0.2) is 42.2 Å². The van der Waals surface area contributed by atoms with E-state index in [1.165, 1.54) is 26.2 Å². The van der Waals surface area contributed by atoms with Crippen molar-refractivity contribution in [3.63, 3.8) is 0 Å². The predicted octanol–water partition coefficient (Wildman–Crippen LogP) is 3.86. The molecule has 1 aromatic heterocycles. The van der Waals surface area contributed by atoms with E-state index in [1.54, 1.807) is 34.6 Å². The molecular weight excluding hydrogens is 720 g/mol. The number of aromatic hydroxyl groups is 1. The summed E-state index contributed by atoms with van der Waals surface area (Å²) in [5, 5.41) is 61.7. The van der Waals surface area contributed by atoms with E-state index in [4.69, 9.17) is 50.0 Å². The lowest BCUT2D eigenvalue weighted by Gasteiger charge is -2.17. The van der Waals surface area contributed by atoms with Gasteiger partial charge in [0.1, 0.15) is 35.4 Å². The first-order chi connectivity index (χ1) is 25.1. The van der Waals surface area contributed by atoms with Gasteiger partial charge in [0.25, 0.3) is 0 Å². The van der Waals surface area contributed by atoms with E-state index in [9.17, 15) is 28.8 Å². The summed E-state index contributed by atoms with van der Waals surface area (Å²) in [7, 11) is 0. The molecule has 3 unspecified atom stereocenters. The second-order valence-corrected chi connectivity index (χ2v) is 11.8. The Morgan fingerprint density at radius 1 is 0.648 bits per heavy atom. The molecule has 0 fully saturated rings. The summed E-state index contributed by atoms with van der Waals surface area (Å²) in [5.41, 5.74) is 0.425. The van der Waals surface area contributed by atoms with E-state index < -0.39 is 35.3 Å². The lowest BCUT2D eigenvalue weighted by atomic mass is 10.1. The average molecular weight is 767 g/mol. The molecule has 1 aromatic rings. The van der Waals surface area contributed by atoms with Gasteiger partial charge in [-0.15, -0.1) is 0 Å². The maximum atomic E-state index is 10.9. The Morgan fingerprint density at radius 3 is 1.44 bits per heavy atom. The van der Waals surface area contributed by atoms with Crippen LogP contribution in [0, 0.1) is 6.92 Å². The van der Waals surface area contributed by atoms with Gasteiger partial charge in [0.2, 0.25) is 51.6 Å². The number of aliphatic hydroxyl groups excluding tert-OH is 6. The third kappa shape index (κ3) is 12.9. The van der Waals surface area contributed by atoms with Crippen LogP contribution in [0.1, 0.15) is 73.5 Å². The third-order valence-corrected chi connectivity index (χ3v) is 7.61. The molecule has 5 heterocycles. The molecule has 1 aliphatic carbocycles. The van der Waals surface area contributed by atoms with Gasteiger partial charge >= 0.3 is 0 Å². The fourth-order valence-corrected chi connectivity index (χ4v) is 4.13. The summed E-state index contributed by atoms with van der Waals surface area (Å²) < 4.78 is 24.0. The van der Waals surface area contributed by atoms with Gasteiger partial charge in [-0.3, -0.25) is 28.8 Å². The summed E-state index contributed by atoms with van der Waals surface area (Å²) in [4.78, 5) is 63.7. The van der Waals surface area contributed by atoms with Crippen molar-refractivity contribution in [1.82, 2.24) is 0 Å². The largest absolute Gasteiger partial charge is 0.504 e. The number of hydrogen-bond donors (Lipinski definition) is 7. The number of hydrogen-bond acceptors (Lipinski definition) is 18.